The molecular formula is C16H19N5. The minimum Gasteiger partial charge on any atom is -0.333 e. The number of nitrogens with zero attached hydrogens (tertiary/aromatic N) is 5. The molecule has 0 radical (unpaired) electrons. The molecule has 0 spiro atoms. The molecule has 5 nitrogen and oxygen atoms in total. The first-order chi connectivity index (χ1) is 10.2. The van der Waals surface area contributed by atoms with E-state index in [1.165, 1.54) is 5.56 Å². The standard InChI is InChI=1S/C16H19N5/c1-13-12-21(19-18-13)11-10-20-9-8-17-16(20)14(2)15-6-4-3-5-7-15/h3-9,12,14H,10-11H2,1-2H3/t14-/m1/s1. The highest BCUT2D eigenvalue weighted by atomic mass is 15.4. The third-order valence-electron chi connectivity index (χ3n) is 3.66. The summed E-state index contributed by atoms with van der Waals surface area (Å²) in [5.74, 6) is 1.36. The molecule has 3 aromatic rings. The fourth-order valence-corrected chi connectivity index (χ4v) is 2.50. The average Bonchev–Trinajstić information content (AvgIpc) is 3.14. The lowest BCUT2D eigenvalue weighted by atomic mass is 10.0. The van der Waals surface area contributed by atoms with Gasteiger partial charge in [0.2, 0.25) is 0 Å². The van der Waals surface area contributed by atoms with E-state index in [0.717, 1.165) is 24.6 Å². The predicted molar refractivity (Wildman–Crippen MR) is 80.9 cm³/mol. The molecule has 108 valence electrons. The van der Waals surface area contributed by atoms with Gasteiger partial charge in [-0.05, 0) is 12.5 Å². The van der Waals surface area contributed by atoms with Gasteiger partial charge in [0.15, 0.2) is 0 Å². The van der Waals surface area contributed by atoms with Crippen molar-refractivity contribution in [2.24, 2.45) is 0 Å². The van der Waals surface area contributed by atoms with Crippen molar-refractivity contribution in [3.05, 3.63) is 66.0 Å². The number of rotatable bonds is 5. The summed E-state index contributed by atoms with van der Waals surface area (Å²) >= 11 is 0. The van der Waals surface area contributed by atoms with Crippen LogP contribution in [0.3, 0.4) is 0 Å². The van der Waals surface area contributed by atoms with Crippen molar-refractivity contribution in [3.8, 4) is 0 Å². The molecule has 0 N–H and O–H groups in total. The smallest absolute Gasteiger partial charge is 0.115 e. The van der Waals surface area contributed by atoms with Gasteiger partial charge in [-0.3, -0.25) is 4.68 Å². The molecule has 5 heteroatoms. The average molecular weight is 281 g/mol. The molecule has 0 aliphatic carbocycles. The summed E-state index contributed by atoms with van der Waals surface area (Å²) in [6.07, 6.45) is 5.84. The Labute approximate surface area is 124 Å². The molecule has 0 unspecified atom stereocenters. The fraction of sp³-hybridized carbons (Fsp3) is 0.312. The minimum atomic E-state index is 0.277. The topological polar surface area (TPSA) is 48.5 Å². The van der Waals surface area contributed by atoms with E-state index in [2.05, 4.69) is 51.1 Å². The second-order valence-electron chi connectivity index (χ2n) is 5.23. The lowest BCUT2D eigenvalue weighted by molar-refractivity contribution is 0.504. The van der Waals surface area contributed by atoms with E-state index in [-0.39, 0.29) is 5.92 Å². The lowest BCUT2D eigenvalue weighted by Crippen LogP contribution is -2.12. The van der Waals surface area contributed by atoms with Crippen molar-refractivity contribution in [1.82, 2.24) is 24.5 Å². The molecule has 1 aromatic carbocycles. The quantitative estimate of drug-likeness (QED) is 0.722. The van der Waals surface area contributed by atoms with Crippen LogP contribution in [0.2, 0.25) is 0 Å². The number of hydrogen-bond acceptors (Lipinski definition) is 3. The zero-order valence-corrected chi connectivity index (χ0v) is 12.3. The van der Waals surface area contributed by atoms with Gasteiger partial charge >= 0.3 is 0 Å². The van der Waals surface area contributed by atoms with Crippen molar-refractivity contribution in [1.29, 1.82) is 0 Å². The highest BCUT2D eigenvalue weighted by Crippen LogP contribution is 2.22. The van der Waals surface area contributed by atoms with Gasteiger partial charge in [0.1, 0.15) is 5.82 Å². The van der Waals surface area contributed by atoms with Crippen LogP contribution in [0.1, 0.15) is 29.9 Å². The highest BCUT2D eigenvalue weighted by molar-refractivity contribution is 5.24. The molecule has 0 saturated carbocycles. The van der Waals surface area contributed by atoms with E-state index < -0.39 is 0 Å². The summed E-state index contributed by atoms with van der Waals surface area (Å²) in [5.41, 5.74) is 2.22. The normalized spacial score (nSPS) is 12.5. The van der Waals surface area contributed by atoms with Crippen LogP contribution in [0.15, 0.2) is 48.9 Å². The molecule has 21 heavy (non-hydrogen) atoms. The molecule has 0 bridgehead atoms. The van der Waals surface area contributed by atoms with Crippen molar-refractivity contribution in [2.75, 3.05) is 0 Å². The maximum absolute atomic E-state index is 4.53. The van der Waals surface area contributed by atoms with Gasteiger partial charge < -0.3 is 4.57 Å². The van der Waals surface area contributed by atoms with Crippen molar-refractivity contribution in [2.45, 2.75) is 32.9 Å². The number of hydrogen-bond donors (Lipinski definition) is 0. The number of benzene rings is 1. The first-order valence-electron chi connectivity index (χ1n) is 7.17. The Morgan fingerprint density at radius 1 is 1.14 bits per heavy atom. The molecule has 0 aliphatic heterocycles. The Hall–Kier alpha value is -2.43. The first kappa shape index (κ1) is 13.5. The van der Waals surface area contributed by atoms with Crippen molar-refractivity contribution < 1.29 is 0 Å². The first-order valence-corrected chi connectivity index (χ1v) is 7.17. The summed E-state index contributed by atoms with van der Waals surface area (Å²) in [7, 11) is 0. The minimum absolute atomic E-state index is 0.277. The van der Waals surface area contributed by atoms with Gasteiger partial charge in [0.05, 0.1) is 12.2 Å². The molecule has 0 fully saturated rings. The summed E-state index contributed by atoms with van der Waals surface area (Å²) in [6, 6.07) is 10.5. The highest BCUT2D eigenvalue weighted by Gasteiger charge is 2.13. The van der Waals surface area contributed by atoms with Crippen molar-refractivity contribution >= 4 is 0 Å². The van der Waals surface area contributed by atoms with Crippen LogP contribution in [-0.4, -0.2) is 24.5 Å². The second kappa shape index (κ2) is 5.91. The van der Waals surface area contributed by atoms with E-state index >= 15 is 0 Å². The monoisotopic (exact) mass is 281 g/mol. The van der Waals surface area contributed by atoms with Gasteiger partial charge in [-0.15, -0.1) is 5.10 Å². The van der Waals surface area contributed by atoms with E-state index in [9.17, 15) is 0 Å². The Kier molecular flexibility index (Phi) is 3.81. The maximum atomic E-state index is 4.53. The third kappa shape index (κ3) is 3.02. The van der Waals surface area contributed by atoms with Gasteiger partial charge in [-0.2, -0.15) is 0 Å². The van der Waals surface area contributed by atoms with Crippen LogP contribution in [0.25, 0.3) is 0 Å². The largest absolute Gasteiger partial charge is 0.333 e. The summed E-state index contributed by atoms with van der Waals surface area (Å²) in [5, 5.41) is 8.09. The predicted octanol–water partition coefficient (Wildman–Crippen LogP) is 2.64. The summed E-state index contributed by atoms with van der Waals surface area (Å²) in [4.78, 5) is 4.53. The summed E-state index contributed by atoms with van der Waals surface area (Å²) < 4.78 is 4.06. The van der Waals surface area contributed by atoms with Crippen LogP contribution in [0.4, 0.5) is 0 Å². The maximum Gasteiger partial charge on any atom is 0.115 e. The molecule has 0 saturated heterocycles. The Morgan fingerprint density at radius 2 is 1.95 bits per heavy atom. The van der Waals surface area contributed by atoms with Gasteiger partial charge in [-0.25, -0.2) is 4.98 Å². The second-order valence-corrected chi connectivity index (χ2v) is 5.23. The lowest BCUT2D eigenvalue weighted by Gasteiger charge is -2.14. The van der Waals surface area contributed by atoms with Gasteiger partial charge in [0, 0.05) is 31.1 Å². The molecular weight excluding hydrogens is 262 g/mol. The molecule has 1 atom stereocenters. The SMILES string of the molecule is Cc1cn(CCn2ccnc2[C@H](C)c2ccccc2)nn1. The number of aryl methyl sites for hydroxylation is 3. The fourth-order valence-electron chi connectivity index (χ4n) is 2.50. The Balaban J connectivity index is 1.74. The molecule has 0 aliphatic rings. The van der Waals surface area contributed by atoms with Crippen LogP contribution in [0, 0.1) is 6.92 Å². The summed E-state index contributed by atoms with van der Waals surface area (Å²) in [6.45, 7) is 5.78. The van der Waals surface area contributed by atoms with Crippen LogP contribution >= 0.6 is 0 Å². The van der Waals surface area contributed by atoms with Crippen molar-refractivity contribution in [3.63, 3.8) is 0 Å². The Morgan fingerprint density at radius 3 is 2.67 bits per heavy atom. The van der Waals surface area contributed by atoms with Gasteiger partial charge in [-0.1, -0.05) is 42.5 Å². The molecule has 3 rings (SSSR count). The van der Waals surface area contributed by atoms with Gasteiger partial charge in [0.25, 0.3) is 0 Å². The molecule has 2 aromatic heterocycles. The molecule has 2 heterocycles. The molecule has 0 amide bonds. The number of aromatic nitrogens is 5. The van der Waals surface area contributed by atoms with Crippen LogP contribution in [-0.2, 0) is 13.1 Å². The number of imidazole rings is 1. The third-order valence-corrected chi connectivity index (χ3v) is 3.66. The van der Waals surface area contributed by atoms with Crippen LogP contribution in [0.5, 0.6) is 0 Å². The zero-order valence-electron chi connectivity index (χ0n) is 12.3. The van der Waals surface area contributed by atoms with E-state index in [1.54, 1.807) is 0 Å². The van der Waals surface area contributed by atoms with E-state index in [0.29, 0.717) is 0 Å². The van der Waals surface area contributed by atoms with E-state index in [4.69, 9.17) is 0 Å². The van der Waals surface area contributed by atoms with Crippen LogP contribution < -0.4 is 0 Å². The van der Waals surface area contributed by atoms with E-state index in [1.807, 2.05) is 36.3 Å². The Bertz CT molecular complexity index is 698. The zero-order chi connectivity index (χ0) is 14.7.